The normalized spacial score (nSPS) is 18.7. The van der Waals surface area contributed by atoms with Gasteiger partial charge in [-0.25, -0.2) is 0 Å². The van der Waals surface area contributed by atoms with Crippen molar-refractivity contribution >= 4 is 22.2 Å². The molecule has 1 aliphatic heterocycles. The molecule has 0 bridgehead atoms. The highest BCUT2D eigenvalue weighted by Gasteiger charge is 2.35. The zero-order valence-electron chi connectivity index (χ0n) is 15.3. The molecule has 0 spiro atoms. The van der Waals surface area contributed by atoms with Crippen LogP contribution in [0.5, 0.6) is 5.75 Å². The van der Waals surface area contributed by atoms with Gasteiger partial charge in [0.2, 0.25) is 0 Å². The van der Waals surface area contributed by atoms with Crippen molar-refractivity contribution < 1.29 is 9.53 Å². The number of hydrogen-bond acceptors (Lipinski definition) is 3. The predicted octanol–water partition coefficient (Wildman–Crippen LogP) is 5.41. The number of carbonyl (C=O) groups excluding carboxylic acids is 1. The molecule has 2 aliphatic rings. The van der Waals surface area contributed by atoms with Crippen LogP contribution in [-0.4, -0.2) is 12.9 Å². The van der Waals surface area contributed by atoms with Crippen molar-refractivity contribution in [3.05, 3.63) is 83.1 Å². The summed E-state index contributed by atoms with van der Waals surface area (Å²) in [4.78, 5) is 13.0. The first-order valence-electron chi connectivity index (χ1n) is 9.45. The number of ether oxygens (including phenoxy) is 1. The molecule has 0 saturated heterocycles. The second-order valence-electron chi connectivity index (χ2n) is 7.25. The van der Waals surface area contributed by atoms with Crippen LogP contribution in [0.25, 0.3) is 10.8 Å². The first kappa shape index (κ1) is 16.1. The average molecular weight is 355 g/mol. The maximum atomic E-state index is 13.0. The number of hydrogen-bond donors (Lipinski definition) is 1. The number of anilines is 1. The number of ketones is 1. The molecular formula is C24H21NO2. The number of nitrogens with one attached hydrogen (secondary N) is 1. The number of rotatable bonds is 2. The summed E-state index contributed by atoms with van der Waals surface area (Å²) in [6.45, 7) is 0. The maximum absolute atomic E-state index is 13.0. The zero-order chi connectivity index (χ0) is 18.4. The fourth-order valence-corrected chi connectivity index (χ4v) is 4.48. The molecule has 1 atom stereocenters. The lowest BCUT2D eigenvalue weighted by Gasteiger charge is -2.35. The Morgan fingerprint density at radius 1 is 0.963 bits per heavy atom. The SMILES string of the molecule is COc1ccc(C2C3=C(CCCC3=O)Nc3ccc4ccccc4c32)cc1. The van der Waals surface area contributed by atoms with Crippen LogP contribution in [0.1, 0.15) is 36.3 Å². The highest BCUT2D eigenvalue weighted by Crippen LogP contribution is 2.48. The van der Waals surface area contributed by atoms with Crippen LogP contribution in [0, 0.1) is 0 Å². The van der Waals surface area contributed by atoms with E-state index < -0.39 is 0 Å². The molecule has 0 fully saturated rings. The summed E-state index contributed by atoms with van der Waals surface area (Å²) >= 11 is 0. The van der Waals surface area contributed by atoms with Crippen molar-refractivity contribution in [1.29, 1.82) is 0 Å². The summed E-state index contributed by atoms with van der Waals surface area (Å²) in [6.07, 6.45) is 2.48. The van der Waals surface area contributed by atoms with Gasteiger partial charge in [0.15, 0.2) is 5.78 Å². The van der Waals surface area contributed by atoms with E-state index in [1.807, 2.05) is 12.1 Å². The van der Waals surface area contributed by atoms with Gasteiger partial charge in [-0.1, -0.05) is 42.5 Å². The quantitative estimate of drug-likeness (QED) is 0.668. The lowest BCUT2D eigenvalue weighted by molar-refractivity contribution is -0.116. The molecule has 1 aliphatic carbocycles. The minimum absolute atomic E-state index is 0.0407. The number of carbonyl (C=O) groups is 1. The van der Waals surface area contributed by atoms with Gasteiger partial charge in [-0.3, -0.25) is 4.79 Å². The van der Waals surface area contributed by atoms with Gasteiger partial charge in [-0.15, -0.1) is 0 Å². The third-order valence-electron chi connectivity index (χ3n) is 5.74. The summed E-state index contributed by atoms with van der Waals surface area (Å²) in [5, 5.41) is 5.98. The zero-order valence-corrected chi connectivity index (χ0v) is 15.3. The van der Waals surface area contributed by atoms with E-state index in [2.05, 4.69) is 53.8 Å². The Bertz CT molecular complexity index is 1080. The van der Waals surface area contributed by atoms with Crippen LogP contribution in [0.2, 0.25) is 0 Å². The monoisotopic (exact) mass is 355 g/mol. The van der Waals surface area contributed by atoms with Crippen molar-refractivity contribution in [1.82, 2.24) is 0 Å². The Balaban J connectivity index is 1.79. The maximum Gasteiger partial charge on any atom is 0.161 e. The molecule has 134 valence electrons. The number of fused-ring (bicyclic) bond motifs is 3. The molecule has 0 saturated carbocycles. The highest BCUT2D eigenvalue weighted by molar-refractivity contribution is 6.04. The third-order valence-corrected chi connectivity index (χ3v) is 5.74. The summed E-state index contributed by atoms with van der Waals surface area (Å²) in [5.41, 5.74) is 5.48. The average Bonchev–Trinajstić information content (AvgIpc) is 2.72. The fraction of sp³-hybridized carbons (Fsp3) is 0.208. The summed E-state index contributed by atoms with van der Waals surface area (Å²) in [6, 6.07) is 20.9. The Kier molecular flexibility index (Phi) is 3.75. The number of allylic oxidation sites excluding steroid dienone is 2. The molecule has 1 unspecified atom stereocenters. The van der Waals surface area contributed by atoms with Crippen molar-refractivity contribution in [2.45, 2.75) is 25.2 Å². The van der Waals surface area contributed by atoms with Crippen molar-refractivity contribution in [3.8, 4) is 5.75 Å². The van der Waals surface area contributed by atoms with E-state index in [1.165, 1.54) is 16.3 Å². The fourth-order valence-electron chi connectivity index (χ4n) is 4.48. The summed E-state index contributed by atoms with van der Waals surface area (Å²) < 4.78 is 5.33. The Labute approximate surface area is 158 Å². The van der Waals surface area contributed by atoms with Crippen LogP contribution in [0.15, 0.2) is 71.9 Å². The number of benzene rings is 3. The van der Waals surface area contributed by atoms with Crippen LogP contribution >= 0.6 is 0 Å². The standard InChI is InChI=1S/C24H21NO2/c1-27-17-12-9-16(10-13-17)22-23-18-6-3-2-5-15(18)11-14-20(23)25-19-7-4-8-21(26)24(19)22/h2-3,5-6,9-14,22,25H,4,7-8H2,1H3. The minimum atomic E-state index is -0.0407. The molecule has 27 heavy (non-hydrogen) atoms. The lowest BCUT2D eigenvalue weighted by atomic mass is 9.74. The first-order valence-corrected chi connectivity index (χ1v) is 9.45. The van der Waals surface area contributed by atoms with E-state index in [1.54, 1.807) is 7.11 Å². The topological polar surface area (TPSA) is 38.3 Å². The van der Waals surface area contributed by atoms with E-state index in [4.69, 9.17) is 4.74 Å². The van der Waals surface area contributed by atoms with E-state index in [0.717, 1.165) is 41.1 Å². The van der Waals surface area contributed by atoms with Crippen LogP contribution in [-0.2, 0) is 4.79 Å². The molecule has 5 rings (SSSR count). The Morgan fingerprint density at radius 2 is 1.78 bits per heavy atom. The predicted molar refractivity (Wildman–Crippen MR) is 108 cm³/mol. The van der Waals surface area contributed by atoms with E-state index in [9.17, 15) is 4.79 Å². The molecule has 3 aromatic rings. The van der Waals surface area contributed by atoms with Crippen molar-refractivity contribution in [2.24, 2.45) is 0 Å². The molecule has 0 radical (unpaired) electrons. The summed E-state index contributed by atoms with van der Waals surface area (Å²) in [5.74, 6) is 1.05. The van der Waals surface area contributed by atoms with Gasteiger partial charge >= 0.3 is 0 Å². The van der Waals surface area contributed by atoms with E-state index >= 15 is 0 Å². The van der Waals surface area contributed by atoms with Gasteiger partial charge < -0.3 is 10.1 Å². The van der Waals surface area contributed by atoms with Gasteiger partial charge in [-0.05, 0) is 52.9 Å². The molecule has 3 aromatic carbocycles. The molecule has 1 N–H and O–H groups in total. The van der Waals surface area contributed by atoms with Crippen molar-refractivity contribution in [3.63, 3.8) is 0 Å². The van der Waals surface area contributed by atoms with Gasteiger partial charge in [-0.2, -0.15) is 0 Å². The molecule has 3 heteroatoms. The second kappa shape index (κ2) is 6.27. The highest BCUT2D eigenvalue weighted by atomic mass is 16.5. The van der Waals surface area contributed by atoms with Gasteiger partial charge in [0, 0.05) is 29.3 Å². The smallest absolute Gasteiger partial charge is 0.161 e. The second-order valence-corrected chi connectivity index (χ2v) is 7.25. The van der Waals surface area contributed by atoms with E-state index in [-0.39, 0.29) is 11.7 Å². The van der Waals surface area contributed by atoms with Gasteiger partial charge in [0.05, 0.1) is 7.11 Å². The minimum Gasteiger partial charge on any atom is -0.497 e. The molecule has 1 heterocycles. The summed E-state index contributed by atoms with van der Waals surface area (Å²) in [7, 11) is 1.67. The van der Waals surface area contributed by atoms with Gasteiger partial charge in [0.25, 0.3) is 0 Å². The number of methoxy groups -OCH3 is 1. The Morgan fingerprint density at radius 3 is 2.59 bits per heavy atom. The molecular weight excluding hydrogens is 334 g/mol. The first-order chi connectivity index (χ1) is 13.3. The molecule has 0 amide bonds. The lowest BCUT2D eigenvalue weighted by Crippen LogP contribution is -2.27. The van der Waals surface area contributed by atoms with Crippen LogP contribution in [0.4, 0.5) is 5.69 Å². The molecule has 0 aromatic heterocycles. The number of Topliss-reactive ketones (excluding diaryl/α,β-unsaturated/α-hetero) is 1. The van der Waals surface area contributed by atoms with E-state index in [0.29, 0.717) is 6.42 Å². The third kappa shape index (κ3) is 2.54. The van der Waals surface area contributed by atoms with Crippen LogP contribution in [0.3, 0.4) is 0 Å². The van der Waals surface area contributed by atoms with Crippen LogP contribution < -0.4 is 10.1 Å². The molecule has 3 nitrogen and oxygen atoms in total. The largest absolute Gasteiger partial charge is 0.497 e. The Hall–Kier alpha value is -3.07. The van der Waals surface area contributed by atoms with Crippen molar-refractivity contribution in [2.75, 3.05) is 12.4 Å². The van der Waals surface area contributed by atoms with Gasteiger partial charge in [0.1, 0.15) is 5.75 Å².